The summed E-state index contributed by atoms with van der Waals surface area (Å²) in [7, 11) is 0. The molecule has 0 saturated carbocycles. The van der Waals surface area contributed by atoms with Gasteiger partial charge in [0.15, 0.2) is 5.82 Å². The fraction of sp³-hybridized carbons (Fsp3) is 0.174. The first-order valence-electron chi connectivity index (χ1n) is 17.3. The molecule has 0 atom stereocenters. The molecule has 2 aromatic heterocycles. The number of hydrogen-bond acceptors (Lipinski definition) is 4. The van der Waals surface area contributed by atoms with Crippen LogP contribution in [0, 0.1) is 11.3 Å². The minimum atomic E-state index is 0.0826. The lowest BCUT2D eigenvalue weighted by Gasteiger charge is -2.42. The van der Waals surface area contributed by atoms with Gasteiger partial charge in [-0.05, 0) is 87.9 Å². The maximum absolute atomic E-state index is 10.2. The van der Waals surface area contributed by atoms with Crippen LogP contribution in [0.15, 0.2) is 134 Å². The fourth-order valence-corrected chi connectivity index (χ4v) is 7.42. The number of benzene rings is 5. The number of aromatic nitrogens is 3. The van der Waals surface area contributed by atoms with Crippen LogP contribution in [0.2, 0.25) is 0 Å². The fourth-order valence-electron chi connectivity index (χ4n) is 7.42. The Morgan fingerprint density at radius 2 is 1.20 bits per heavy atom. The van der Waals surface area contributed by atoms with Gasteiger partial charge in [-0.2, -0.15) is 5.26 Å². The molecule has 4 nitrogen and oxygen atoms in total. The average Bonchev–Trinajstić information content (AvgIpc) is 3.16. The highest BCUT2D eigenvalue weighted by atomic mass is 14.9. The van der Waals surface area contributed by atoms with Crippen molar-refractivity contribution in [2.24, 2.45) is 0 Å². The summed E-state index contributed by atoms with van der Waals surface area (Å²) in [5, 5.41) is 11.3. The van der Waals surface area contributed by atoms with Crippen LogP contribution >= 0.6 is 0 Å². The minimum Gasteiger partial charge on any atom is -0.256 e. The first-order chi connectivity index (χ1) is 24.2. The van der Waals surface area contributed by atoms with E-state index in [0.29, 0.717) is 11.4 Å². The summed E-state index contributed by atoms with van der Waals surface area (Å²) in [5.41, 5.74) is 13.2. The molecule has 0 N–H and O–H groups in total. The number of rotatable bonds is 5. The van der Waals surface area contributed by atoms with Crippen LogP contribution < -0.4 is 0 Å². The molecule has 0 radical (unpaired) electrons. The lowest BCUT2D eigenvalue weighted by atomic mass is 9.63. The van der Waals surface area contributed by atoms with Gasteiger partial charge < -0.3 is 0 Å². The van der Waals surface area contributed by atoms with Crippen LogP contribution in [-0.4, -0.2) is 15.0 Å². The molecule has 7 aromatic rings. The third kappa shape index (κ3) is 5.76. The lowest BCUT2D eigenvalue weighted by molar-refractivity contribution is 0.332. The first kappa shape index (κ1) is 31.4. The van der Waals surface area contributed by atoms with Crippen LogP contribution in [-0.2, 0) is 10.8 Å². The van der Waals surface area contributed by atoms with Gasteiger partial charge in [-0.3, -0.25) is 4.98 Å². The lowest BCUT2D eigenvalue weighted by Crippen LogP contribution is -2.33. The van der Waals surface area contributed by atoms with Crippen LogP contribution in [0.3, 0.4) is 0 Å². The second-order valence-corrected chi connectivity index (χ2v) is 14.7. The van der Waals surface area contributed by atoms with E-state index in [0.717, 1.165) is 67.7 Å². The van der Waals surface area contributed by atoms with E-state index in [2.05, 4.69) is 107 Å². The second kappa shape index (κ2) is 12.2. The highest BCUT2D eigenvalue weighted by Crippen LogP contribution is 2.47. The summed E-state index contributed by atoms with van der Waals surface area (Å²) in [6.07, 6.45) is 4.15. The topological polar surface area (TPSA) is 62.5 Å². The highest BCUT2D eigenvalue weighted by molar-refractivity contribution is 5.94. The van der Waals surface area contributed by atoms with Crippen LogP contribution in [0.1, 0.15) is 57.2 Å². The molecule has 5 aromatic carbocycles. The monoisotopic (exact) mass is 646 g/mol. The minimum absolute atomic E-state index is 0.0826. The Balaban J connectivity index is 1.28. The zero-order valence-corrected chi connectivity index (χ0v) is 28.9. The molecule has 0 fully saturated rings. The molecule has 0 spiro atoms. The second-order valence-electron chi connectivity index (χ2n) is 14.7. The van der Waals surface area contributed by atoms with Gasteiger partial charge in [0.05, 0.1) is 28.5 Å². The van der Waals surface area contributed by atoms with E-state index in [1.807, 2.05) is 60.8 Å². The van der Waals surface area contributed by atoms with Crippen molar-refractivity contribution in [3.05, 3.63) is 150 Å². The summed E-state index contributed by atoms with van der Waals surface area (Å²) in [5.74, 6) is 0.636. The van der Waals surface area contributed by atoms with E-state index in [1.54, 1.807) is 0 Å². The van der Waals surface area contributed by atoms with Gasteiger partial charge in [0.2, 0.25) is 0 Å². The molecule has 242 valence electrons. The SMILES string of the molecule is CC1(C)CCC(C)(C)c2cc(-c3cc(C#N)cc(-c4cc(-c5cccc(-c6cccc7cccnc67)c5)nc(-c5ccccc5)n4)c3)ccc21. The van der Waals surface area contributed by atoms with Crippen LogP contribution in [0.4, 0.5) is 0 Å². The molecular weight excluding hydrogens is 609 g/mol. The summed E-state index contributed by atoms with van der Waals surface area (Å²) in [4.78, 5) is 14.9. The molecule has 0 aliphatic heterocycles. The normalized spacial score (nSPS) is 14.5. The van der Waals surface area contributed by atoms with Gasteiger partial charge in [0.25, 0.3) is 0 Å². The molecule has 0 amide bonds. The smallest absolute Gasteiger partial charge is 0.160 e. The number of pyridine rings is 1. The molecule has 0 saturated heterocycles. The van der Waals surface area contributed by atoms with Crippen LogP contribution in [0.25, 0.3) is 67.1 Å². The summed E-state index contributed by atoms with van der Waals surface area (Å²) < 4.78 is 0. The third-order valence-electron chi connectivity index (χ3n) is 10.4. The average molecular weight is 647 g/mol. The number of hydrogen-bond donors (Lipinski definition) is 0. The van der Waals surface area contributed by atoms with E-state index in [4.69, 9.17) is 15.0 Å². The predicted octanol–water partition coefficient (Wildman–Crippen LogP) is 11.6. The first-order valence-corrected chi connectivity index (χ1v) is 17.3. The molecule has 4 heteroatoms. The highest BCUT2D eigenvalue weighted by Gasteiger charge is 2.37. The van der Waals surface area contributed by atoms with E-state index in [1.165, 1.54) is 17.5 Å². The van der Waals surface area contributed by atoms with Gasteiger partial charge >= 0.3 is 0 Å². The van der Waals surface area contributed by atoms with Crippen molar-refractivity contribution in [2.45, 2.75) is 51.4 Å². The quantitative estimate of drug-likeness (QED) is 0.187. The molecule has 2 heterocycles. The Morgan fingerprint density at radius 3 is 2.00 bits per heavy atom. The molecule has 1 aliphatic carbocycles. The van der Waals surface area contributed by atoms with Crippen molar-refractivity contribution in [1.82, 2.24) is 15.0 Å². The molecular formula is C46H38N4. The van der Waals surface area contributed by atoms with Gasteiger partial charge in [-0.15, -0.1) is 0 Å². The predicted molar refractivity (Wildman–Crippen MR) is 205 cm³/mol. The van der Waals surface area contributed by atoms with Gasteiger partial charge in [0.1, 0.15) is 0 Å². The van der Waals surface area contributed by atoms with E-state index < -0.39 is 0 Å². The van der Waals surface area contributed by atoms with Crippen molar-refractivity contribution < 1.29 is 0 Å². The number of para-hydroxylation sites is 1. The van der Waals surface area contributed by atoms with E-state index in [9.17, 15) is 5.26 Å². The zero-order chi connectivity index (χ0) is 34.5. The standard InChI is InChI=1S/C46H38N4/c1-45(2)20-21-46(3,4)40-27-33(18-19-39(40)45)36-23-30(29-47)24-37(26-36)42-28-41(49-44(50-42)32-11-6-5-7-12-32)35-15-8-14-34(25-35)38-17-9-13-31-16-10-22-48-43(31)38/h5-19,22-28H,20-21H2,1-4H3. The van der Waals surface area contributed by atoms with Gasteiger partial charge in [0, 0.05) is 33.8 Å². The summed E-state index contributed by atoms with van der Waals surface area (Å²) in [6.45, 7) is 9.39. The maximum atomic E-state index is 10.2. The number of nitriles is 1. The van der Waals surface area contributed by atoms with Crippen molar-refractivity contribution in [1.29, 1.82) is 5.26 Å². The van der Waals surface area contributed by atoms with Crippen molar-refractivity contribution in [3.8, 4) is 62.2 Å². The van der Waals surface area contributed by atoms with E-state index in [-0.39, 0.29) is 10.8 Å². The van der Waals surface area contributed by atoms with Crippen LogP contribution in [0.5, 0.6) is 0 Å². The molecule has 0 bridgehead atoms. The largest absolute Gasteiger partial charge is 0.256 e. The Hall–Kier alpha value is -5.92. The summed E-state index contributed by atoms with van der Waals surface area (Å²) >= 11 is 0. The van der Waals surface area contributed by atoms with Crippen molar-refractivity contribution >= 4 is 10.9 Å². The number of nitrogens with zero attached hydrogens (tertiary/aromatic N) is 4. The van der Waals surface area contributed by atoms with Crippen molar-refractivity contribution in [2.75, 3.05) is 0 Å². The number of fused-ring (bicyclic) bond motifs is 2. The van der Waals surface area contributed by atoms with Crippen molar-refractivity contribution in [3.63, 3.8) is 0 Å². The molecule has 1 aliphatic rings. The summed E-state index contributed by atoms with van der Waals surface area (Å²) in [6, 6.07) is 46.3. The molecule has 0 unspecified atom stereocenters. The third-order valence-corrected chi connectivity index (χ3v) is 10.4. The van der Waals surface area contributed by atoms with Gasteiger partial charge in [-0.1, -0.05) is 119 Å². The Labute approximate surface area is 294 Å². The Bertz CT molecular complexity index is 2450. The maximum Gasteiger partial charge on any atom is 0.160 e. The Kier molecular flexibility index (Phi) is 7.65. The zero-order valence-electron chi connectivity index (χ0n) is 28.9. The van der Waals surface area contributed by atoms with Gasteiger partial charge in [-0.25, -0.2) is 9.97 Å². The molecule has 50 heavy (non-hydrogen) atoms. The Morgan fingerprint density at radius 1 is 0.540 bits per heavy atom. The molecule has 8 rings (SSSR count). The van der Waals surface area contributed by atoms with E-state index >= 15 is 0 Å².